The van der Waals surface area contributed by atoms with Gasteiger partial charge in [0.2, 0.25) is 0 Å². The highest BCUT2D eigenvalue weighted by Crippen LogP contribution is 2.12. The summed E-state index contributed by atoms with van der Waals surface area (Å²) in [5.74, 6) is 0. The van der Waals surface area contributed by atoms with Crippen LogP contribution in [-0.4, -0.2) is 55.7 Å². The Hall–Kier alpha value is -1.06. The molecule has 0 aliphatic rings. The van der Waals surface area contributed by atoms with Gasteiger partial charge in [-0.2, -0.15) is 0 Å². The maximum Gasteiger partial charge on any atom is 0.0701 e. The molecule has 0 amide bonds. The molecule has 18 heavy (non-hydrogen) atoms. The number of hydrogen-bond acceptors (Lipinski definition) is 3. The number of allylic oxidation sites excluding steroid dienone is 2. The second kappa shape index (κ2) is 11.1. The van der Waals surface area contributed by atoms with Gasteiger partial charge in [-0.05, 0) is 21.0 Å². The molecule has 0 saturated heterocycles. The number of likely N-dealkylation sites (N-methyl/N-ethyl adjacent to an activating group) is 2. The molecule has 0 aliphatic heterocycles. The van der Waals surface area contributed by atoms with Crippen LogP contribution in [0.2, 0.25) is 0 Å². The van der Waals surface area contributed by atoms with E-state index in [-0.39, 0.29) is 6.61 Å². The molecule has 0 rings (SSSR count). The normalized spacial score (nSPS) is 10.8. The summed E-state index contributed by atoms with van der Waals surface area (Å²) < 4.78 is 0. The zero-order valence-electron chi connectivity index (χ0n) is 13.0. The highest BCUT2D eigenvalue weighted by Gasteiger charge is 2.07. The minimum absolute atomic E-state index is 0.00199. The summed E-state index contributed by atoms with van der Waals surface area (Å²) in [7, 11) is 6.05. The van der Waals surface area contributed by atoms with Crippen molar-refractivity contribution in [3.8, 4) is 0 Å². The van der Waals surface area contributed by atoms with Crippen LogP contribution in [0.4, 0.5) is 0 Å². The van der Waals surface area contributed by atoms with Crippen LogP contribution in [-0.2, 0) is 0 Å². The highest BCUT2D eigenvalue weighted by molar-refractivity contribution is 5.33. The standard InChI is InChI=1S/C13H24N2O.C2H6/c1-11(2)9-13(10-16)12(3)15(6)8-7-14(4)5;1-2/h9,16H,1,3,7-8,10H2,2,4-6H3;1-2H3/b13-9-;. The molecule has 0 unspecified atom stereocenters. The molecule has 0 atom stereocenters. The van der Waals surface area contributed by atoms with Gasteiger partial charge in [-0.3, -0.25) is 0 Å². The van der Waals surface area contributed by atoms with E-state index in [2.05, 4.69) is 18.1 Å². The molecule has 0 aromatic rings. The van der Waals surface area contributed by atoms with Crippen LogP contribution in [0.1, 0.15) is 20.8 Å². The molecule has 3 heteroatoms. The maximum absolute atomic E-state index is 9.26. The van der Waals surface area contributed by atoms with Crippen LogP contribution in [0.5, 0.6) is 0 Å². The molecule has 0 aliphatic carbocycles. The predicted octanol–water partition coefficient (Wildman–Crippen LogP) is 2.51. The molecule has 0 aromatic heterocycles. The topological polar surface area (TPSA) is 26.7 Å². The lowest BCUT2D eigenvalue weighted by Crippen LogP contribution is -2.29. The van der Waals surface area contributed by atoms with Gasteiger partial charge < -0.3 is 14.9 Å². The molecule has 106 valence electrons. The SMILES string of the molecule is C=C(C)/C=C(/CO)C(=C)N(C)CCN(C)C.CC. The van der Waals surface area contributed by atoms with Crippen LogP contribution in [0.25, 0.3) is 0 Å². The third-order valence-corrected chi connectivity index (χ3v) is 2.31. The van der Waals surface area contributed by atoms with Crippen molar-refractivity contribution >= 4 is 0 Å². The average molecular weight is 254 g/mol. The fraction of sp³-hybridized carbons (Fsp3) is 0.600. The van der Waals surface area contributed by atoms with Gasteiger partial charge in [0.05, 0.1) is 6.61 Å². The first-order chi connectivity index (χ1) is 8.38. The third-order valence-electron chi connectivity index (χ3n) is 2.31. The molecule has 1 N–H and O–H groups in total. The average Bonchev–Trinajstić information content (AvgIpc) is 2.34. The lowest BCUT2D eigenvalue weighted by atomic mass is 10.1. The Morgan fingerprint density at radius 3 is 1.94 bits per heavy atom. The molecular formula is C15H30N2O. The van der Waals surface area contributed by atoms with E-state index in [1.807, 2.05) is 52.9 Å². The fourth-order valence-corrected chi connectivity index (χ4v) is 1.25. The lowest BCUT2D eigenvalue weighted by molar-refractivity contribution is 0.305. The van der Waals surface area contributed by atoms with Crippen molar-refractivity contribution in [2.45, 2.75) is 20.8 Å². The molecule has 0 saturated carbocycles. The Morgan fingerprint density at radius 2 is 1.61 bits per heavy atom. The quantitative estimate of drug-likeness (QED) is 0.707. The van der Waals surface area contributed by atoms with Crippen molar-refractivity contribution in [3.05, 3.63) is 36.1 Å². The number of aliphatic hydroxyl groups excluding tert-OH is 1. The lowest BCUT2D eigenvalue weighted by Gasteiger charge is -2.24. The Kier molecular flexibility index (Phi) is 11.8. The molecule has 0 aromatic carbocycles. The Balaban J connectivity index is 0. The van der Waals surface area contributed by atoms with Gasteiger partial charge in [0.25, 0.3) is 0 Å². The van der Waals surface area contributed by atoms with E-state index < -0.39 is 0 Å². The van der Waals surface area contributed by atoms with Crippen LogP contribution in [0.15, 0.2) is 36.1 Å². The summed E-state index contributed by atoms with van der Waals surface area (Å²) in [5.41, 5.74) is 2.60. The zero-order valence-corrected chi connectivity index (χ0v) is 13.0. The van der Waals surface area contributed by atoms with Gasteiger partial charge in [0, 0.05) is 31.4 Å². The van der Waals surface area contributed by atoms with Crippen LogP contribution in [0.3, 0.4) is 0 Å². The molecular weight excluding hydrogens is 224 g/mol. The predicted molar refractivity (Wildman–Crippen MR) is 81.7 cm³/mol. The van der Waals surface area contributed by atoms with E-state index in [9.17, 15) is 5.11 Å². The summed E-state index contributed by atoms with van der Waals surface area (Å²) in [6, 6.07) is 0. The first kappa shape index (κ1) is 19.3. The van der Waals surface area contributed by atoms with Crippen molar-refractivity contribution in [2.75, 3.05) is 40.8 Å². The monoisotopic (exact) mass is 254 g/mol. The van der Waals surface area contributed by atoms with Gasteiger partial charge in [-0.15, -0.1) is 0 Å². The molecule has 0 heterocycles. The third kappa shape index (κ3) is 9.02. The zero-order chi connectivity index (χ0) is 14.7. The van der Waals surface area contributed by atoms with Crippen molar-refractivity contribution in [1.82, 2.24) is 9.80 Å². The van der Waals surface area contributed by atoms with E-state index in [1.54, 1.807) is 0 Å². The Bertz CT molecular complexity index is 280. The molecule has 0 bridgehead atoms. The summed E-state index contributed by atoms with van der Waals surface area (Å²) in [4.78, 5) is 4.16. The Morgan fingerprint density at radius 1 is 1.11 bits per heavy atom. The van der Waals surface area contributed by atoms with E-state index in [0.29, 0.717) is 0 Å². The summed E-state index contributed by atoms with van der Waals surface area (Å²) in [5, 5.41) is 9.26. The maximum atomic E-state index is 9.26. The summed E-state index contributed by atoms with van der Waals surface area (Å²) in [6.45, 7) is 15.5. The minimum Gasteiger partial charge on any atom is -0.392 e. The van der Waals surface area contributed by atoms with Gasteiger partial charge in [0.1, 0.15) is 0 Å². The number of aliphatic hydroxyl groups is 1. The minimum atomic E-state index is -0.00199. The molecule has 0 radical (unpaired) electrons. The van der Waals surface area contributed by atoms with Crippen LogP contribution < -0.4 is 0 Å². The van der Waals surface area contributed by atoms with E-state index in [0.717, 1.165) is 29.9 Å². The first-order valence-corrected chi connectivity index (χ1v) is 6.40. The number of nitrogens with zero attached hydrogens (tertiary/aromatic N) is 2. The van der Waals surface area contributed by atoms with Crippen molar-refractivity contribution in [2.24, 2.45) is 0 Å². The van der Waals surface area contributed by atoms with Crippen LogP contribution >= 0.6 is 0 Å². The second-order valence-electron chi connectivity index (χ2n) is 4.35. The van der Waals surface area contributed by atoms with Crippen LogP contribution in [0, 0.1) is 0 Å². The van der Waals surface area contributed by atoms with E-state index in [1.165, 1.54) is 0 Å². The fourth-order valence-electron chi connectivity index (χ4n) is 1.25. The van der Waals surface area contributed by atoms with Gasteiger partial charge >= 0.3 is 0 Å². The van der Waals surface area contributed by atoms with Crippen molar-refractivity contribution < 1.29 is 5.11 Å². The molecule has 0 spiro atoms. The van der Waals surface area contributed by atoms with E-state index >= 15 is 0 Å². The van der Waals surface area contributed by atoms with Gasteiger partial charge in [-0.1, -0.05) is 38.7 Å². The molecule has 0 fully saturated rings. The number of hydrogen-bond donors (Lipinski definition) is 1. The summed E-state index contributed by atoms with van der Waals surface area (Å²) in [6.07, 6.45) is 1.87. The smallest absolute Gasteiger partial charge is 0.0701 e. The van der Waals surface area contributed by atoms with E-state index in [4.69, 9.17) is 0 Å². The Labute approximate surface area is 113 Å². The summed E-state index contributed by atoms with van der Waals surface area (Å²) >= 11 is 0. The highest BCUT2D eigenvalue weighted by atomic mass is 16.3. The van der Waals surface area contributed by atoms with Crippen molar-refractivity contribution in [3.63, 3.8) is 0 Å². The second-order valence-corrected chi connectivity index (χ2v) is 4.35. The molecule has 3 nitrogen and oxygen atoms in total. The van der Waals surface area contributed by atoms with Gasteiger partial charge in [0.15, 0.2) is 0 Å². The number of rotatable bonds is 7. The van der Waals surface area contributed by atoms with Crippen molar-refractivity contribution in [1.29, 1.82) is 0 Å². The van der Waals surface area contributed by atoms with Gasteiger partial charge in [-0.25, -0.2) is 0 Å². The first-order valence-electron chi connectivity index (χ1n) is 6.40. The largest absolute Gasteiger partial charge is 0.392 e.